The number of anilines is 1. The normalized spacial score (nSPS) is 12.2. The molecule has 0 spiro atoms. The number of nitrogens with one attached hydrogen (secondary N) is 1. The highest BCUT2D eigenvalue weighted by molar-refractivity contribution is 7.83. The molecule has 0 heterocycles. The lowest BCUT2D eigenvalue weighted by atomic mass is 10.2. The van der Waals surface area contributed by atoms with Crippen LogP contribution in [-0.4, -0.2) is 10.5 Å². The van der Waals surface area contributed by atoms with Crippen molar-refractivity contribution in [3.05, 3.63) is 64.2 Å². The van der Waals surface area contributed by atoms with Gasteiger partial charge >= 0.3 is 0 Å². The predicted molar refractivity (Wildman–Crippen MR) is 82.9 cm³/mol. The van der Waals surface area contributed by atoms with Gasteiger partial charge in [-0.25, -0.2) is 8.78 Å². The number of hydrogen-bond donors (Lipinski definition) is 1. The van der Waals surface area contributed by atoms with Gasteiger partial charge in [0.25, 0.3) is 0 Å². The van der Waals surface area contributed by atoms with E-state index in [2.05, 4.69) is 5.32 Å². The summed E-state index contributed by atoms with van der Waals surface area (Å²) in [5.74, 6) is -1.37. The molecule has 0 aliphatic heterocycles. The summed E-state index contributed by atoms with van der Waals surface area (Å²) in [6.07, 6.45) is 1.60. The van der Waals surface area contributed by atoms with Crippen LogP contribution in [0.25, 0.3) is 0 Å². The maximum Gasteiger partial charge on any atom is 0.163 e. The number of hydrogen-bond acceptors (Lipinski definition) is 2. The van der Waals surface area contributed by atoms with E-state index in [1.54, 1.807) is 24.5 Å². The fourth-order valence-electron chi connectivity index (χ4n) is 1.90. The van der Waals surface area contributed by atoms with Crippen LogP contribution in [0.3, 0.4) is 0 Å². The molecule has 0 saturated carbocycles. The molecule has 0 fully saturated rings. The molecule has 0 aliphatic rings. The lowest BCUT2D eigenvalue weighted by Crippen LogP contribution is -2.04. The topological polar surface area (TPSA) is 29.1 Å². The molecular formula is C15H14ClF2NOS. The molecule has 0 amide bonds. The van der Waals surface area contributed by atoms with Crippen molar-refractivity contribution in [2.24, 2.45) is 0 Å². The molecule has 2 aromatic carbocycles. The Balaban J connectivity index is 2.13. The first-order chi connectivity index (χ1) is 9.97. The first-order valence-corrected chi connectivity index (χ1v) is 8.33. The summed E-state index contributed by atoms with van der Waals surface area (Å²) < 4.78 is 37.9. The van der Waals surface area contributed by atoms with E-state index in [0.717, 1.165) is 11.6 Å². The Morgan fingerprint density at radius 2 is 1.95 bits per heavy atom. The minimum Gasteiger partial charge on any atom is -0.381 e. The second-order valence-corrected chi connectivity index (χ2v) is 6.43. The van der Waals surface area contributed by atoms with Crippen LogP contribution < -0.4 is 5.32 Å². The van der Waals surface area contributed by atoms with E-state index < -0.39 is 22.4 Å². The Morgan fingerprint density at radius 3 is 2.67 bits per heavy atom. The van der Waals surface area contributed by atoms with Crippen molar-refractivity contribution >= 4 is 28.1 Å². The number of rotatable bonds is 5. The van der Waals surface area contributed by atoms with Crippen molar-refractivity contribution in [2.45, 2.75) is 12.3 Å². The molecular weight excluding hydrogens is 316 g/mol. The quantitative estimate of drug-likeness (QED) is 0.894. The third kappa shape index (κ3) is 4.25. The smallest absolute Gasteiger partial charge is 0.163 e. The van der Waals surface area contributed by atoms with Gasteiger partial charge in [0.15, 0.2) is 11.6 Å². The molecule has 0 aromatic heterocycles. The SMILES string of the molecule is C[S@](=O)Cc1cc(NCc2cccc(F)c2F)ccc1Cl. The van der Waals surface area contributed by atoms with E-state index in [0.29, 0.717) is 16.5 Å². The number of benzene rings is 2. The highest BCUT2D eigenvalue weighted by Gasteiger charge is 2.08. The first kappa shape index (κ1) is 15.9. The molecule has 0 bridgehead atoms. The van der Waals surface area contributed by atoms with Crippen LogP contribution in [0.5, 0.6) is 0 Å². The van der Waals surface area contributed by atoms with Gasteiger partial charge in [0.1, 0.15) is 0 Å². The summed E-state index contributed by atoms with van der Waals surface area (Å²) in [5.41, 5.74) is 1.70. The molecule has 0 aliphatic carbocycles. The van der Waals surface area contributed by atoms with E-state index >= 15 is 0 Å². The van der Waals surface area contributed by atoms with E-state index in [1.165, 1.54) is 12.1 Å². The van der Waals surface area contributed by atoms with Crippen LogP contribution in [0, 0.1) is 11.6 Å². The summed E-state index contributed by atoms with van der Waals surface area (Å²) in [6.45, 7) is 0.153. The maximum absolute atomic E-state index is 13.5. The minimum absolute atomic E-state index is 0.153. The molecule has 0 saturated heterocycles. The molecule has 0 unspecified atom stereocenters. The van der Waals surface area contributed by atoms with Gasteiger partial charge in [-0.1, -0.05) is 23.7 Å². The van der Waals surface area contributed by atoms with Gasteiger partial charge in [-0.2, -0.15) is 0 Å². The van der Waals surface area contributed by atoms with Gasteiger partial charge in [0.2, 0.25) is 0 Å². The zero-order valence-corrected chi connectivity index (χ0v) is 12.9. The van der Waals surface area contributed by atoms with E-state index in [-0.39, 0.29) is 12.1 Å². The highest BCUT2D eigenvalue weighted by Crippen LogP contribution is 2.22. The average molecular weight is 330 g/mol. The zero-order valence-electron chi connectivity index (χ0n) is 11.3. The van der Waals surface area contributed by atoms with Crippen LogP contribution >= 0.6 is 11.6 Å². The Hall–Kier alpha value is -1.46. The van der Waals surface area contributed by atoms with E-state index in [1.807, 2.05) is 0 Å². The first-order valence-electron chi connectivity index (χ1n) is 6.22. The van der Waals surface area contributed by atoms with Gasteiger partial charge in [0, 0.05) is 45.6 Å². The van der Waals surface area contributed by atoms with Crippen LogP contribution in [0.2, 0.25) is 5.02 Å². The van der Waals surface area contributed by atoms with Gasteiger partial charge in [0.05, 0.1) is 0 Å². The van der Waals surface area contributed by atoms with Crippen molar-refractivity contribution in [3.8, 4) is 0 Å². The van der Waals surface area contributed by atoms with E-state index in [4.69, 9.17) is 11.6 Å². The monoisotopic (exact) mass is 329 g/mol. The Labute approximate surface area is 129 Å². The molecule has 1 atom stereocenters. The van der Waals surface area contributed by atoms with Crippen molar-refractivity contribution in [1.29, 1.82) is 0 Å². The molecule has 2 rings (SSSR count). The van der Waals surface area contributed by atoms with Crippen molar-refractivity contribution < 1.29 is 13.0 Å². The molecule has 6 heteroatoms. The summed E-state index contributed by atoms with van der Waals surface area (Å²) in [5, 5.41) is 3.54. The maximum atomic E-state index is 13.5. The lowest BCUT2D eigenvalue weighted by Gasteiger charge is -2.10. The minimum atomic E-state index is -1.00. The van der Waals surface area contributed by atoms with Crippen LogP contribution in [0.15, 0.2) is 36.4 Å². The largest absolute Gasteiger partial charge is 0.381 e. The summed E-state index contributed by atoms with van der Waals surface area (Å²) in [7, 11) is -1.00. The summed E-state index contributed by atoms with van der Waals surface area (Å²) in [6, 6.07) is 9.25. The van der Waals surface area contributed by atoms with Gasteiger partial charge < -0.3 is 5.32 Å². The molecule has 2 aromatic rings. The second kappa shape index (κ2) is 7.00. The van der Waals surface area contributed by atoms with Crippen molar-refractivity contribution in [1.82, 2.24) is 0 Å². The van der Waals surface area contributed by atoms with Crippen LogP contribution in [-0.2, 0) is 23.1 Å². The van der Waals surface area contributed by atoms with Crippen LogP contribution in [0.1, 0.15) is 11.1 Å². The Morgan fingerprint density at radius 1 is 1.19 bits per heavy atom. The Kier molecular flexibility index (Phi) is 5.31. The van der Waals surface area contributed by atoms with Gasteiger partial charge in [-0.05, 0) is 29.8 Å². The molecule has 112 valence electrons. The summed E-state index contributed by atoms with van der Waals surface area (Å²) >= 11 is 6.03. The molecule has 21 heavy (non-hydrogen) atoms. The average Bonchev–Trinajstić information content (AvgIpc) is 2.43. The predicted octanol–water partition coefficient (Wildman–Crippen LogP) is 4.11. The molecule has 1 N–H and O–H groups in total. The number of halogens is 3. The zero-order chi connectivity index (χ0) is 15.4. The Bertz CT molecular complexity index is 679. The van der Waals surface area contributed by atoms with Gasteiger partial charge in [-0.15, -0.1) is 0 Å². The molecule has 2 nitrogen and oxygen atoms in total. The van der Waals surface area contributed by atoms with Crippen molar-refractivity contribution in [3.63, 3.8) is 0 Å². The standard InChI is InChI=1S/C15H14ClF2NOS/c1-21(20)9-11-7-12(5-6-13(11)16)19-8-10-3-2-4-14(17)15(10)18/h2-7,19H,8-9H2,1H3/t21-/m0/s1. The van der Waals surface area contributed by atoms with Crippen molar-refractivity contribution in [2.75, 3.05) is 11.6 Å². The fraction of sp³-hybridized carbons (Fsp3) is 0.200. The van der Waals surface area contributed by atoms with Crippen LogP contribution in [0.4, 0.5) is 14.5 Å². The summed E-state index contributed by atoms with van der Waals surface area (Å²) in [4.78, 5) is 0. The fourth-order valence-corrected chi connectivity index (χ4v) is 2.84. The second-order valence-electron chi connectivity index (χ2n) is 4.59. The van der Waals surface area contributed by atoms with E-state index in [9.17, 15) is 13.0 Å². The third-order valence-electron chi connectivity index (χ3n) is 2.92. The molecule has 0 radical (unpaired) electrons. The van der Waals surface area contributed by atoms with Gasteiger partial charge in [-0.3, -0.25) is 4.21 Å². The third-order valence-corrected chi connectivity index (χ3v) is 4.01. The lowest BCUT2D eigenvalue weighted by molar-refractivity contribution is 0.500. The highest BCUT2D eigenvalue weighted by atomic mass is 35.5.